The molecule has 2 atom stereocenters. The molecular weight excluding hydrogens is 350 g/mol. The van der Waals surface area contributed by atoms with E-state index in [0.717, 1.165) is 33.5 Å². The molecule has 1 amide bonds. The van der Waals surface area contributed by atoms with Crippen LogP contribution in [0.3, 0.4) is 0 Å². The van der Waals surface area contributed by atoms with Crippen LogP contribution in [0.15, 0.2) is 34.4 Å². The summed E-state index contributed by atoms with van der Waals surface area (Å²) in [5, 5.41) is 5.42. The summed E-state index contributed by atoms with van der Waals surface area (Å²) in [6.45, 7) is 2.11. The predicted octanol–water partition coefficient (Wildman–Crippen LogP) is 4.37. The minimum Gasteiger partial charge on any atom is -0.301 e. The van der Waals surface area contributed by atoms with E-state index < -0.39 is 0 Å². The van der Waals surface area contributed by atoms with Crippen molar-refractivity contribution in [2.45, 2.75) is 55.3 Å². The van der Waals surface area contributed by atoms with Crippen molar-refractivity contribution in [3.63, 3.8) is 0 Å². The van der Waals surface area contributed by atoms with E-state index in [1.807, 2.05) is 18.3 Å². The number of carbonyl (C=O) groups excluding carboxylic acids is 1. The van der Waals surface area contributed by atoms with Crippen LogP contribution in [0.4, 0.5) is 0 Å². The lowest BCUT2D eigenvalue weighted by Gasteiger charge is -2.12. The molecular formula is C19H25N3OS2. The Hall–Kier alpha value is -1.27. The number of nitrogens with one attached hydrogen (secondary N) is 1. The molecule has 0 spiro atoms. The minimum atomic E-state index is -0.0443. The molecule has 1 N–H and O–H groups in total. The minimum absolute atomic E-state index is 0. The summed E-state index contributed by atoms with van der Waals surface area (Å²) in [7, 11) is 0. The Labute approximate surface area is 158 Å². The highest BCUT2D eigenvalue weighted by atomic mass is 32.2. The van der Waals surface area contributed by atoms with E-state index in [1.54, 1.807) is 23.5 Å². The summed E-state index contributed by atoms with van der Waals surface area (Å²) in [4.78, 5) is 22.0. The van der Waals surface area contributed by atoms with Crippen molar-refractivity contribution < 1.29 is 6.22 Å². The molecule has 0 radical (unpaired) electrons. The summed E-state index contributed by atoms with van der Waals surface area (Å²) in [5.41, 5.74) is 1.65. The molecule has 25 heavy (non-hydrogen) atoms. The van der Waals surface area contributed by atoms with Crippen LogP contribution in [-0.4, -0.2) is 33.1 Å². The van der Waals surface area contributed by atoms with Gasteiger partial charge < -0.3 is 5.32 Å². The molecule has 4 nitrogen and oxygen atoms in total. The Morgan fingerprint density at radius 2 is 2.28 bits per heavy atom. The number of hydrogen-bond donors (Lipinski definition) is 1. The number of pyridine rings is 1. The van der Waals surface area contributed by atoms with E-state index in [9.17, 15) is 4.79 Å². The summed E-state index contributed by atoms with van der Waals surface area (Å²) < 4.78 is 0. The largest absolute Gasteiger partial charge is 0.301 e. The van der Waals surface area contributed by atoms with Crippen LogP contribution >= 0.6 is 23.5 Å². The first-order valence-electron chi connectivity index (χ1n) is 9.10. The van der Waals surface area contributed by atoms with Gasteiger partial charge in [-0.15, -0.1) is 11.8 Å². The number of aromatic nitrogens is 1. The molecule has 3 aliphatic rings. The van der Waals surface area contributed by atoms with Gasteiger partial charge in [0.2, 0.25) is 0 Å². The molecule has 1 aromatic heterocycles. The van der Waals surface area contributed by atoms with Crippen LogP contribution in [0.5, 0.6) is 0 Å². The standard InChI is InChI=1S/C19H23N3OS2.H2/c1-2-24-17-8-7-13(11-20-17)14(9-12-5-3-4-6-12)18(23)22-19-21-15-10-16(15)25-19;/h7-9,11-12,15-16H,2-6,10H2,1H3,(H,21,22,23);1H/b14-9+;. The second kappa shape index (κ2) is 7.54. The van der Waals surface area contributed by atoms with Crippen molar-refractivity contribution in [1.82, 2.24) is 10.3 Å². The van der Waals surface area contributed by atoms with Crippen molar-refractivity contribution in [2.75, 3.05) is 5.75 Å². The Morgan fingerprint density at radius 1 is 1.44 bits per heavy atom. The van der Waals surface area contributed by atoms with Gasteiger partial charge in [0.1, 0.15) is 0 Å². The van der Waals surface area contributed by atoms with E-state index in [0.29, 0.717) is 17.2 Å². The number of rotatable bonds is 5. The lowest BCUT2D eigenvalue weighted by molar-refractivity contribution is -0.114. The van der Waals surface area contributed by atoms with E-state index in [1.165, 1.54) is 25.7 Å². The number of allylic oxidation sites excluding steroid dienone is 1. The third kappa shape index (κ3) is 4.11. The fourth-order valence-corrected chi connectivity index (χ4v) is 5.14. The normalized spacial score (nSPS) is 25.6. The number of thioether (sulfide) groups is 2. The number of fused-ring (bicyclic) bond motifs is 1. The van der Waals surface area contributed by atoms with Gasteiger partial charge in [0.15, 0.2) is 5.17 Å². The molecule has 0 aromatic carbocycles. The van der Waals surface area contributed by atoms with Crippen molar-refractivity contribution >= 4 is 40.2 Å². The van der Waals surface area contributed by atoms with Gasteiger partial charge in [-0.05, 0) is 43.1 Å². The molecule has 2 saturated carbocycles. The van der Waals surface area contributed by atoms with Crippen LogP contribution < -0.4 is 5.32 Å². The highest BCUT2D eigenvalue weighted by Crippen LogP contribution is 2.43. The summed E-state index contributed by atoms with van der Waals surface area (Å²) in [6, 6.07) is 4.47. The van der Waals surface area contributed by atoms with Crippen LogP contribution in [-0.2, 0) is 4.79 Å². The maximum absolute atomic E-state index is 12.9. The molecule has 1 aromatic rings. The van der Waals surface area contributed by atoms with Crippen LogP contribution in [0, 0.1) is 5.92 Å². The highest BCUT2D eigenvalue weighted by molar-refractivity contribution is 8.15. The molecule has 0 bridgehead atoms. The SMILES string of the molecule is CCSc1ccc(/C(=C\C2CCCC2)C(=O)NC2=NC3CC3S2)cn1.[HH]. The molecule has 134 valence electrons. The van der Waals surface area contributed by atoms with Crippen molar-refractivity contribution in [2.24, 2.45) is 10.9 Å². The lowest BCUT2D eigenvalue weighted by Crippen LogP contribution is -2.29. The Bertz CT molecular complexity index is 714. The van der Waals surface area contributed by atoms with Gasteiger partial charge in [0.05, 0.1) is 11.1 Å². The predicted molar refractivity (Wildman–Crippen MR) is 108 cm³/mol. The molecule has 0 saturated heterocycles. The highest BCUT2D eigenvalue weighted by Gasteiger charge is 2.44. The van der Waals surface area contributed by atoms with Gasteiger partial charge in [0, 0.05) is 24.0 Å². The Morgan fingerprint density at radius 3 is 2.92 bits per heavy atom. The molecule has 6 heteroatoms. The first-order valence-corrected chi connectivity index (χ1v) is 11.0. The van der Waals surface area contributed by atoms with Gasteiger partial charge in [-0.2, -0.15) is 0 Å². The fraction of sp³-hybridized carbons (Fsp3) is 0.526. The Kier molecular flexibility index (Phi) is 5.17. The molecule has 2 fully saturated rings. The summed E-state index contributed by atoms with van der Waals surface area (Å²) in [6.07, 6.45) is 10.0. The zero-order chi connectivity index (χ0) is 17.2. The number of nitrogens with zero attached hydrogens (tertiary/aromatic N) is 2. The molecule has 2 heterocycles. The molecule has 2 unspecified atom stereocenters. The van der Waals surface area contributed by atoms with Crippen LogP contribution in [0.2, 0.25) is 0 Å². The van der Waals surface area contributed by atoms with Crippen LogP contribution in [0.25, 0.3) is 5.57 Å². The van der Waals surface area contributed by atoms with Gasteiger partial charge in [0.25, 0.3) is 5.91 Å². The number of hydrogen-bond acceptors (Lipinski definition) is 5. The number of amides is 1. The van der Waals surface area contributed by atoms with Crippen molar-refractivity contribution in [1.29, 1.82) is 0 Å². The quantitative estimate of drug-likeness (QED) is 0.613. The zero-order valence-corrected chi connectivity index (χ0v) is 16.0. The average molecular weight is 376 g/mol. The number of amidine groups is 1. The lowest BCUT2D eigenvalue weighted by atomic mass is 9.99. The van der Waals surface area contributed by atoms with Crippen LogP contribution in [0.1, 0.15) is 46.0 Å². The summed E-state index contributed by atoms with van der Waals surface area (Å²) >= 11 is 3.42. The number of carbonyl (C=O) groups is 1. The van der Waals surface area contributed by atoms with Crippen molar-refractivity contribution in [3.8, 4) is 0 Å². The third-order valence-corrected chi connectivity index (χ3v) is 6.92. The first-order chi connectivity index (χ1) is 12.2. The van der Waals surface area contributed by atoms with Gasteiger partial charge in [-0.25, -0.2) is 4.98 Å². The Balaban J connectivity index is 0.00000196. The smallest absolute Gasteiger partial charge is 0.257 e. The zero-order valence-electron chi connectivity index (χ0n) is 14.4. The average Bonchev–Trinajstić information content (AvgIpc) is 3.01. The monoisotopic (exact) mass is 375 g/mol. The third-order valence-electron chi connectivity index (χ3n) is 4.85. The van der Waals surface area contributed by atoms with Gasteiger partial charge in [-0.3, -0.25) is 9.79 Å². The van der Waals surface area contributed by atoms with E-state index in [2.05, 4.69) is 28.3 Å². The first kappa shape index (κ1) is 17.2. The fourth-order valence-electron chi connectivity index (χ4n) is 3.41. The van der Waals surface area contributed by atoms with E-state index >= 15 is 0 Å². The second-order valence-corrected chi connectivity index (χ2v) is 9.30. The van der Waals surface area contributed by atoms with E-state index in [-0.39, 0.29) is 7.33 Å². The molecule has 1 aliphatic heterocycles. The molecule has 4 rings (SSSR count). The number of aliphatic imine (C=N–C) groups is 1. The summed E-state index contributed by atoms with van der Waals surface area (Å²) in [5.74, 6) is 1.45. The maximum atomic E-state index is 12.9. The second-order valence-electron chi connectivity index (χ2n) is 6.79. The van der Waals surface area contributed by atoms with Gasteiger partial charge in [-0.1, -0.05) is 37.6 Å². The van der Waals surface area contributed by atoms with Gasteiger partial charge >= 0.3 is 0 Å². The molecule has 2 aliphatic carbocycles. The maximum Gasteiger partial charge on any atom is 0.257 e. The van der Waals surface area contributed by atoms with E-state index in [4.69, 9.17) is 0 Å². The van der Waals surface area contributed by atoms with Crippen molar-refractivity contribution in [3.05, 3.63) is 30.0 Å². The topological polar surface area (TPSA) is 54.4 Å².